The zero-order chi connectivity index (χ0) is 22.5. The lowest BCUT2D eigenvalue weighted by molar-refractivity contribution is -0.384. The SMILES string of the molecule is O=C(OC(C(=O)Nc1ccc([N+](=O)[O-])cc1Cl)c1ccccc1)c1cc(Cl)ccc1F. The fourth-order valence-electron chi connectivity index (χ4n) is 2.64. The number of amides is 1. The lowest BCUT2D eigenvalue weighted by Gasteiger charge is -2.19. The molecule has 31 heavy (non-hydrogen) atoms. The van der Waals surface area contributed by atoms with Crippen LogP contribution in [-0.4, -0.2) is 16.8 Å². The molecule has 0 aromatic heterocycles. The fourth-order valence-corrected chi connectivity index (χ4v) is 3.04. The molecule has 7 nitrogen and oxygen atoms in total. The highest BCUT2D eigenvalue weighted by atomic mass is 35.5. The first kappa shape index (κ1) is 22.2. The molecule has 0 saturated heterocycles. The van der Waals surface area contributed by atoms with Gasteiger partial charge < -0.3 is 10.1 Å². The summed E-state index contributed by atoms with van der Waals surface area (Å²) in [6.07, 6.45) is -1.46. The van der Waals surface area contributed by atoms with Crippen molar-refractivity contribution in [3.05, 3.63) is 104 Å². The van der Waals surface area contributed by atoms with E-state index in [-0.39, 0.29) is 21.4 Å². The van der Waals surface area contributed by atoms with E-state index in [1.165, 1.54) is 12.1 Å². The Morgan fingerprint density at radius 1 is 1.03 bits per heavy atom. The Hall–Kier alpha value is -3.49. The number of halogens is 3. The number of anilines is 1. The Kier molecular flexibility index (Phi) is 6.84. The Morgan fingerprint density at radius 3 is 2.39 bits per heavy atom. The zero-order valence-corrected chi connectivity index (χ0v) is 17.1. The van der Waals surface area contributed by atoms with Crippen molar-refractivity contribution in [3.63, 3.8) is 0 Å². The second kappa shape index (κ2) is 9.55. The molecule has 0 aliphatic carbocycles. The lowest BCUT2D eigenvalue weighted by Crippen LogP contribution is -2.26. The number of hydrogen-bond acceptors (Lipinski definition) is 5. The van der Waals surface area contributed by atoms with Gasteiger partial charge in [-0.15, -0.1) is 0 Å². The molecule has 3 aromatic rings. The van der Waals surface area contributed by atoms with Gasteiger partial charge in [0, 0.05) is 22.7 Å². The molecule has 0 radical (unpaired) electrons. The van der Waals surface area contributed by atoms with Crippen LogP contribution in [0.15, 0.2) is 66.7 Å². The molecule has 0 bridgehead atoms. The van der Waals surface area contributed by atoms with Gasteiger partial charge in [-0.1, -0.05) is 53.5 Å². The Labute approximate surface area is 185 Å². The van der Waals surface area contributed by atoms with Crippen molar-refractivity contribution in [2.45, 2.75) is 6.10 Å². The van der Waals surface area contributed by atoms with Gasteiger partial charge in [0.05, 0.1) is 21.2 Å². The number of hydrogen-bond donors (Lipinski definition) is 1. The first-order valence-electron chi connectivity index (χ1n) is 8.72. The second-order valence-corrected chi connectivity index (χ2v) is 7.07. The first-order chi connectivity index (χ1) is 14.8. The molecule has 0 aliphatic heterocycles. The Balaban J connectivity index is 1.89. The first-order valence-corrected chi connectivity index (χ1v) is 9.47. The molecule has 10 heteroatoms. The van der Waals surface area contributed by atoms with Gasteiger partial charge in [-0.3, -0.25) is 14.9 Å². The molecule has 0 aliphatic rings. The van der Waals surface area contributed by atoms with Crippen LogP contribution in [0.5, 0.6) is 0 Å². The van der Waals surface area contributed by atoms with E-state index in [4.69, 9.17) is 27.9 Å². The van der Waals surface area contributed by atoms with E-state index in [0.717, 1.165) is 24.3 Å². The number of nitro groups is 1. The summed E-state index contributed by atoms with van der Waals surface area (Å²) in [5, 5.41) is 13.4. The van der Waals surface area contributed by atoms with Gasteiger partial charge in [0.25, 0.3) is 11.6 Å². The number of nitro benzene ring substituents is 1. The number of rotatable bonds is 6. The van der Waals surface area contributed by atoms with Crippen molar-refractivity contribution in [2.24, 2.45) is 0 Å². The summed E-state index contributed by atoms with van der Waals surface area (Å²) >= 11 is 11.8. The summed E-state index contributed by atoms with van der Waals surface area (Å²) in [6.45, 7) is 0. The highest BCUT2D eigenvalue weighted by molar-refractivity contribution is 6.34. The molecule has 0 heterocycles. The number of carbonyl (C=O) groups is 2. The summed E-state index contributed by atoms with van der Waals surface area (Å²) in [6, 6.07) is 14.9. The third-order valence-electron chi connectivity index (χ3n) is 4.14. The Bertz CT molecular complexity index is 1160. The number of nitrogens with one attached hydrogen (secondary N) is 1. The van der Waals surface area contributed by atoms with Crippen LogP contribution in [0.3, 0.4) is 0 Å². The topological polar surface area (TPSA) is 98.5 Å². The van der Waals surface area contributed by atoms with Crippen molar-refractivity contribution in [3.8, 4) is 0 Å². The maximum Gasteiger partial charge on any atom is 0.342 e. The molecule has 1 amide bonds. The highest BCUT2D eigenvalue weighted by Crippen LogP contribution is 2.29. The maximum absolute atomic E-state index is 14.0. The monoisotopic (exact) mass is 462 g/mol. The average molecular weight is 463 g/mol. The van der Waals surface area contributed by atoms with Gasteiger partial charge >= 0.3 is 5.97 Å². The third-order valence-corrected chi connectivity index (χ3v) is 4.68. The smallest absolute Gasteiger partial charge is 0.342 e. The number of non-ortho nitro benzene ring substituents is 1. The molecular weight excluding hydrogens is 450 g/mol. The predicted octanol–water partition coefficient (Wildman–Crippen LogP) is 5.58. The second-order valence-electron chi connectivity index (χ2n) is 6.23. The fraction of sp³-hybridized carbons (Fsp3) is 0.0476. The number of ether oxygens (including phenoxy) is 1. The summed E-state index contributed by atoms with van der Waals surface area (Å²) < 4.78 is 19.3. The third kappa shape index (κ3) is 5.36. The van der Waals surface area contributed by atoms with Crippen molar-refractivity contribution in [1.29, 1.82) is 0 Å². The average Bonchev–Trinajstić information content (AvgIpc) is 2.75. The van der Waals surface area contributed by atoms with E-state index < -0.39 is 34.3 Å². The van der Waals surface area contributed by atoms with Crippen LogP contribution < -0.4 is 5.32 Å². The van der Waals surface area contributed by atoms with Crippen molar-refractivity contribution in [2.75, 3.05) is 5.32 Å². The van der Waals surface area contributed by atoms with Crippen LogP contribution in [0, 0.1) is 15.9 Å². The van der Waals surface area contributed by atoms with Gasteiger partial charge in [-0.2, -0.15) is 0 Å². The van der Waals surface area contributed by atoms with E-state index >= 15 is 0 Å². The minimum absolute atomic E-state index is 0.0724. The van der Waals surface area contributed by atoms with E-state index in [1.54, 1.807) is 30.3 Å². The van der Waals surface area contributed by atoms with E-state index in [1.807, 2.05) is 0 Å². The number of esters is 1. The molecule has 3 aromatic carbocycles. The van der Waals surface area contributed by atoms with Crippen LogP contribution >= 0.6 is 23.2 Å². The molecule has 3 rings (SSSR count). The number of nitrogens with zero attached hydrogens (tertiary/aromatic N) is 1. The van der Waals surface area contributed by atoms with Crippen molar-refractivity contribution >= 4 is 46.5 Å². The van der Waals surface area contributed by atoms with Crippen LogP contribution in [0.2, 0.25) is 10.0 Å². The van der Waals surface area contributed by atoms with Crippen LogP contribution in [0.4, 0.5) is 15.8 Å². The standard InChI is InChI=1S/C21H13Cl2FN2O5/c22-13-6-8-17(24)15(10-13)21(28)31-19(12-4-2-1-3-5-12)20(27)25-18-9-7-14(26(29)30)11-16(18)23/h1-11,19H,(H,25,27). The number of carbonyl (C=O) groups excluding carboxylic acids is 2. The van der Waals surface area contributed by atoms with Gasteiger partial charge in [0.2, 0.25) is 6.10 Å². The quantitative estimate of drug-likeness (QED) is 0.293. The zero-order valence-electron chi connectivity index (χ0n) is 15.6. The van der Waals surface area contributed by atoms with Crippen LogP contribution in [-0.2, 0) is 9.53 Å². The predicted molar refractivity (Wildman–Crippen MR) is 113 cm³/mol. The summed E-state index contributed by atoms with van der Waals surface area (Å²) in [4.78, 5) is 35.7. The highest BCUT2D eigenvalue weighted by Gasteiger charge is 2.28. The van der Waals surface area contributed by atoms with Gasteiger partial charge in [-0.05, 0) is 24.3 Å². The molecule has 1 atom stereocenters. The lowest BCUT2D eigenvalue weighted by atomic mass is 10.1. The van der Waals surface area contributed by atoms with Crippen molar-refractivity contribution < 1.29 is 23.6 Å². The molecule has 0 spiro atoms. The minimum Gasteiger partial charge on any atom is -0.444 e. The van der Waals surface area contributed by atoms with Gasteiger partial charge in [0.1, 0.15) is 5.82 Å². The molecule has 158 valence electrons. The van der Waals surface area contributed by atoms with Gasteiger partial charge in [0.15, 0.2) is 0 Å². The van der Waals surface area contributed by atoms with Crippen molar-refractivity contribution in [1.82, 2.24) is 0 Å². The molecule has 0 fully saturated rings. The maximum atomic E-state index is 14.0. The van der Waals surface area contributed by atoms with Crippen LogP contribution in [0.1, 0.15) is 22.0 Å². The molecule has 1 N–H and O–H groups in total. The summed E-state index contributed by atoms with van der Waals surface area (Å²) in [7, 11) is 0. The summed E-state index contributed by atoms with van der Waals surface area (Å²) in [5.74, 6) is -2.75. The van der Waals surface area contributed by atoms with Gasteiger partial charge in [-0.25, -0.2) is 9.18 Å². The molecular formula is C21H13Cl2FN2O5. The van der Waals surface area contributed by atoms with E-state index in [2.05, 4.69) is 5.32 Å². The molecule has 1 unspecified atom stereocenters. The summed E-state index contributed by atoms with van der Waals surface area (Å²) in [5.41, 5.74) is -0.308. The largest absolute Gasteiger partial charge is 0.444 e. The molecule has 0 saturated carbocycles. The van der Waals surface area contributed by atoms with E-state index in [0.29, 0.717) is 5.56 Å². The normalized spacial score (nSPS) is 11.5. The van der Waals surface area contributed by atoms with E-state index in [9.17, 15) is 24.1 Å². The van der Waals surface area contributed by atoms with Crippen LogP contribution in [0.25, 0.3) is 0 Å². The number of benzene rings is 3. The minimum atomic E-state index is -1.46. The Morgan fingerprint density at radius 2 is 1.74 bits per heavy atom.